The Labute approximate surface area is 143 Å². The van der Waals surface area contributed by atoms with Crippen molar-refractivity contribution >= 4 is 23.6 Å². The third-order valence-electron chi connectivity index (χ3n) is 3.90. The number of hydrogen-bond acceptors (Lipinski definition) is 3. The number of rotatable bonds is 5. The van der Waals surface area contributed by atoms with Crippen LogP contribution >= 0.6 is 11.6 Å². The summed E-state index contributed by atoms with van der Waals surface area (Å²) in [4.78, 5) is 16.6. The van der Waals surface area contributed by atoms with Gasteiger partial charge in [-0.1, -0.05) is 25.4 Å². The minimum absolute atomic E-state index is 0.0382. The Bertz CT molecular complexity index is 564. The first kappa shape index (κ1) is 17.8. The molecule has 4 nitrogen and oxygen atoms in total. The first-order chi connectivity index (χ1) is 11.0. The third-order valence-corrected chi connectivity index (χ3v) is 4.14. The largest absolute Gasteiger partial charge is 0.496 e. The second kappa shape index (κ2) is 8.37. The van der Waals surface area contributed by atoms with Gasteiger partial charge in [0, 0.05) is 49.4 Å². The predicted octanol–water partition coefficient (Wildman–Crippen LogP) is 3.16. The molecule has 0 aliphatic carbocycles. The van der Waals surface area contributed by atoms with Crippen LogP contribution in [0.25, 0.3) is 6.08 Å². The Kier molecular flexibility index (Phi) is 6.48. The Morgan fingerprint density at radius 1 is 1.30 bits per heavy atom. The molecule has 0 aromatic heterocycles. The van der Waals surface area contributed by atoms with Crippen LogP contribution in [0.4, 0.5) is 0 Å². The highest BCUT2D eigenvalue weighted by Gasteiger charge is 2.19. The van der Waals surface area contributed by atoms with Crippen LogP contribution in [0.5, 0.6) is 5.75 Å². The van der Waals surface area contributed by atoms with E-state index >= 15 is 0 Å². The molecule has 0 saturated carbocycles. The molecule has 1 amide bonds. The van der Waals surface area contributed by atoms with E-state index in [-0.39, 0.29) is 5.91 Å². The molecule has 1 aromatic rings. The summed E-state index contributed by atoms with van der Waals surface area (Å²) in [6.07, 6.45) is 3.37. The van der Waals surface area contributed by atoms with Crippen LogP contribution in [0.2, 0.25) is 5.02 Å². The van der Waals surface area contributed by atoms with E-state index in [0.29, 0.717) is 16.7 Å². The van der Waals surface area contributed by atoms with Gasteiger partial charge in [-0.3, -0.25) is 9.69 Å². The van der Waals surface area contributed by atoms with Crippen molar-refractivity contribution in [1.82, 2.24) is 9.80 Å². The number of halogens is 1. The van der Waals surface area contributed by atoms with Crippen molar-refractivity contribution in [2.45, 2.75) is 13.8 Å². The SMILES string of the molecule is COc1ccc(Cl)cc1/C=C/C(=O)N1CCN(CC(C)C)CC1. The van der Waals surface area contributed by atoms with Crippen molar-refractivity contribution in [3.05, 3.63) is 34.9 Å². The lowest BCUT2D eigenvalue weighted by molar-refractivity contribution is -0.127. The Morgan fingerprint density at radius 2 is 2.00 bits per heavy atom. The Hall–Kier alpha value is -1.52. The predicted molar refractivity (Wildman–Crippen MR) is 94.9 cm³/mol. The fraction of sp³-hybridized carbons (Fsp3) is 0.500. The van der Waals surface area contributed by atoms with E-state index in [4.69, 9.17) is 16.3 Å². The summed E-state index contributed by atoms with van der Waals surface area (Å²) in [6.45, 7) is 8.98. The van der Waals surface area contributed by atoms with Gasteiger partial charge in [0.1, 0.15) is 5.75 Å². The van der Waals surface area contributed by atoms with Crippen molar-refractivity contribution in [3.63, 3.8) is 0 Å². The molecule has 0 unspecified atom stereocenters. The summed E-state index contributed by atoms with van der Waals surface area (Å²) < 4.78 is 5.29. The number of methoxy groups -OCH3 is 1. The lowest BCUT2D eigenvalue weighted by Gasteiger charge is -2.35. The summed E-state index contributed by atoms with van der Waals surface area (Å²) >= 11 is 6.00. The van der Waals surface area contributed by atoms with Gasteiger partial charge in [0.05, 0.1) is 7.11 Å². The fourth-order valence-corrected chi connectivity index (χ4v) is 2.95. The highest BCUT2D eigenvalue weighted by Crippen LogP contribution is 2.23. The molecular weight excluding hydrogens is 312 g/mol. The van der Waals surface area contributed by atoms with Crippen LogP contribution in [-0.4, -0.2) is 55.5 Å². The average Bonchev–Trinajstić information content (AvgIpc) is 2.53. The normalized spacial score (nSPS) is 16.3. The molecule has 1 aliphatic rings. The maximum absolute atomic E-state index is 12.3. The second-order valence-corrected chi connectivity index (χ2v) is 6.68. The molecule has 0 spiro atoms. The zero-order valence-electron chi connectivity index (χ0n) is 14.1. The summed E-state index contributed by atoms with van der Waals surface area (Å²) in [7, 11) is 1.61. The zero-order valence-corrected chi connectivity index (χ0v) is 14.8. The quantitative estimate of drug-likeness (QED) is 0.774. The molecule has 1 heterocycles. The molecule has 0 N–H and O–H groups in total. The van der Waals surface area contributed by atoms with Gasteiger partial charge in [0.25, 0.3) is 0 Å². The van der Waals surface area contributed by atoms with Gasteiger partial charge in [0.15, 0.2) is 0 Å². The lowest BCUT2D eigenvalue weighted by Crippen LogP contribution is -2.49. The second-order valence-electron chi connectivity index (χ2n) is 6.24. The molecule has 0 bridgehead atoms. The highest BCUT2D eigenvalue weighted by atomic mass is 35.5. The van der Waals surface area contributed by atoms with Crippen molar-refractivity contribution in [3.8, 4) is 5.75 Å². The van der Waals surface area contributed by atoms with Crippen LogP contribution in [0.3, 0.4) is 0 Å². The molecule has 1 aliphatic heterocycles. The van der Waals surface area contributed by atoms with Gasteiger partial charge in [-0.25, -0.2) is 0 Å². The topological polar surface area (TPSA) is 32.8 Å². The van der Waals surface area contributed by atoms with Crippen LogP contribution in [-0.2, 0) is 4.79 Å². The van der Waals surface area contributed by atoms with Crippen LogP contribution in [0.1, 0.15) is 19.4 Å². The number of nitrogens with zero attached hydrogens (tertiary/aromatic N) is 2. The van der Waals surface area contributed by atoms with E-state index in [2.05, 4.69) is 18.7 Å². The Morgan fingerprint density at radius 3 is 2.61 bits per heavy atom. The minimum atomic E-state index is 0.0382. The summed E-state index contributed by atoms with van der Waals surface area (Å²) in [5.74, 6) is 1.41. The molecule has 5 heteroatoms. The fourth-order valence-electron chi connectivity index (χ4n) is 2.77. The standard InChI is InChI=1S/C18H25ClN2O2/c1-14(2)13-20-8-10-21(11-9-20)18(22)7-4-15-12-16(19)5-6-17(15)23-3/h4-7,12,14H,8-11,13H2,1-3H3/b7-4+. The number of carbonyl (C=O) groups is 1. The summed E-state index contributed by atoms with van der Waals surface area (Å²) in [5, 5.41) is 0.625. The van der Waals surface area contributed by atoms with Crippen LogP contribution in [0, 0.1) is 5.92 Å². The number of benzene rings is 1. The molecular formula is C18H25ClN2O2. The van der Waals surface area contributed by atoms with E-state index < -0.39 is 0 Å². The number of piperazine rings is 1. The van der Waals surface area contributed by atoms with Gasteiger partial charge < -0.3 is 9.64 Å². The van der Waals surface area contributed by atoms with Crippen molar-refractivity contribution in [2.24, 2.45) is 5.92 Å². The first-order valence-corrected chi connectivity index (χ1v) is 8.40. The van der Waals surface area contributed by atoms with Crippen molar-refractivity contribution < 1.29 is 9.53 Å². The van der Waals surface area contributed by atoms with E-state index in [1.807, 2.05) is 4.90 Å². The molecule has 23 heavy (non-hydrogen) atoms. The lowest BCUT2D eigenvalue weighted by atomic mass is 10.1. The van der Waals surface area contributed by atoms with Gasteiger partial charge >= 0.3 is 0 Å². The minimum Gasteiger partial charge on any atom is -0.496 e. The molecule has 1 aromatic carbocycles. The molecule has 0 radical (unpaired) electrons. The number of ether oxygens (including phenoxy) is 1. The highest BCUT2D eigenvalue weighted by molar-refractivity contribution is 6.30. The first-order valence-electron chi connectivity index (χ1n) is 8.02. The maximum Gasteiger partial charge on any atom is 0.246 e. The van der Waals surface area contributed by atoms with Gasteiger partial charge in [-0.15, -0.1) is 0 Å². The molecule has 0 atom stereocenters. The molecule has 1 fully saturated rings. The zero-order chi connectivity index (χ0) is 16.8. The third kappa shape index (κ3) is 5.26. The number of amides is 1. The van der Waals surface area contributed by atoms with E-state index in [9.17, 15) is 4.79 Å². The van der Waals surface area contributed by atoms with E-state index in [1.165, 1.54) is 0 Å². The van der Waals surface area contributed by atoms with E-state index in [1.54, 1.807) is 37.5 Å². The average molecular weight is 337 g/mol. The maximum atomic E-state index is 12.3. The summed E-state index contributed by atoms with van der Waals surface area (Å²) in [5.41, 5.74) is 0.812. The molecule has 1 saturated heterocycles. The smallest absolute Gasteiger partial charge is 0.246 e. The van der Waals surface area contributed by atoms with Crippen molar-refractivity contribution in [2.75, 3.05) is 39.8 Å². The monoisotopic (exact) mass is 336 g/mol. The van der Waals surface area contributed by atoms with Crippen LogP contribution < -0.4 is 4.74 Å². The Balaban J connectivity index is 1.94. The van der Waals surface area contributed by atoms with Gasteiger partial charge in [0.2, 0.25) is 5.91 Å². The molecule has 2 rings (SSSR count). The van der Waals surface area contributed by atoms with Gasteiger partial charge in [-0.05, 0) is 30.2 Å². The van der Waals surface area contributed by atoms with E-state index in [0.717, 1.165) is 38.3 Å². The van der Waals surface area contributed by atoms with Crippen molar-refractivity contribution in [1.29, 1.82) is 0 Å². The number of carbonyl (C=O) groups excluding carboxylic acids is 1. The molecule has 126 valence electrons. The number of hydrogen-bond donors (Lipinski definition) is 0. The summed E-state index contributed by atoms with van der Waals surface area (Å²) in [6, 6.07) is 5.37. The van der Waals surface area contributed by atoms with Crippen LogP contribution in [0.15, 0.2) is 24.3 Å². The van der Waals surface area contributed by atoms with Gasteiger partial charge in [-0.2, -0.15) is 0 Å².